The van der Waals surface area contributed by atoms with Crippen LogP contribution < -0.4 is 24.8 Å². The largest absolute Gasteiger partial charge is 1.00 e. The minimum atomic E-state index is 0. The van der Waals surface area contributed by atoms with Crippen molar-refractivity contribution >= 4 is 33.7 Å². The summed E-state index contributed by atoms with van der Waals surface area (Å²) in [6, 6.07) is 18.4. The van der Waals surface area contributed by atoms with Gasteiger partial charge in [0.05, 0.1) is 0 Å². The summed E-state index contributed by atoms with van der Waals surface area (Å²) in [6.07, 6.45) is 5.04. The molecule has 2 aromatic carbocycles. The number of rotatable bonds is 2. The standard InChI is InChI=1S/C20H13ClN.2ClH.Cr/c21-18-10-8-14(9-11-18)16-6-7-17(13-16)19-5-1-3-15-4-2-12-22-20(15)19;;;/h1-6,8-12H,7H2;2*1H;/q;;;+2/p-2. The first-order valence-corrected chi connectivity index (χ1v) is 8.46. The van der Waals surface area contributed by atoms with Gasteiger partial charge in [-0.3, -0.25) is 0 Å². The van der Waals surface area contributed by atoms with E-state index in [2.05, 4.69) is 63.7 Å². The van der Waals surface area contributed by atoms with Gasteiger partial charge in [0.15, 0.2) is 0 Å². The molecule has 0 bridgehead atoms. The van der Waals surface area contributed by atoms with Crippen LogP contribution in [0.25, 0.3) is 22.0 Å². The number of pyridine rings is 1. The van der Waals surface area contributed by atoms with Gasteiger partial charge in [-0.15, -0.1) is 0 Å². The van der Waals surface area contributed by atoms with Gasteiger partial charge < -0.3 is 24.8 Å². The number of fused-ring (bicyclic) bond motifs is 1. The Bertz CT molecular complexity index is 957. The molecule has 3 aromatic rings. The Morgan fingerprint density at radius 3 is 2.40 bits per heavy atom. The fourth-order valence-electron chi connectivity index (χ4n) is 3.01. The number of allylic oxidation sites excluding steroid dienone is 4. The predicted molar refractivity (Wildman–Crippen MR) is 92.7 cm³/mol. The maximum Gasteiger partial charge on any atom is -1.00 e. The van der Waals surface area contributed by atoms with Gasteiger partial charge in [0.25, 0.3) is 0 Å². The number of aromatic nitrogens is 1. The molecule has 1 aromatic heterocycles. The van der Waals surface area contributed by atoms with Crippen molar-refractivity contribution in [3.8, 4) is 0 Å². The van der Waals surface area contributed by atoms with Gasteiger partial charge in [-0.2, -0.15) is 0 Å². The van der Waals surface area contributed by atoms with Crippen molar-refractivity contribution in [2.75, 3.05) is 0 Å². The molecule has 1 heterocycles. The van der Waals surface area contributed by atoms with Gasteiger partial charge in [-0.25, -0.2) is 0 Å². The second-order valence-corrected chi connectivity index (χ2v) is 6.59. The molecule has 0 fully saturated rings. The van der Waals surface area contributed by atoms with E-state index in [1.165, 1.54) is 32.1 Å². The SMILES string of the molecule is Clc1ccc(C2=CCC(c3cccc4cccnc34)=[C]2[Cr+2])cc1.[Cl-].[Cl-]. The second kappa shape index (κ2) is 8.41. The average molecular weight is 426 g/mol. The molecule has 1 nitrogen and oxygen atoms in total. The Labute approximate surface area is 173 Å². The molecule has 0 atom stereocenters. The summed E-state index contributed by atoms with van der Waals surface area (Å²) in [6.45, 7) is 0. The molecule has 0 unspecified atom stereocenters. The number of hydrogen-bond donors (Lipinski definition) is 0. The third-order valence-electron chi connectivity index (χ3n) is 4.14. The van der Waals surface area contributed by atoms with Crippen LogP contribution in [0.4, 0.5) is 0 Å². The van der Waals surface area contributed by atoms with Gasteiger partial charge in [0.1, 0.15) is 0 Å². The molecule has 0 N–H and O–H groups in total. The third kappa shape index (κ3) is 3.80. The average Bonchev–Trinajstić information content (AvgIpc) is 2.96. The molecule has 0 saturated carbocycles. The number of nitrogens with zero attached hydrogens (tertiary/aromatic N) is 1. The fourth-order valence-corrected chi connectivity index (χ4v) is 3.75. The van der Waals surface area contributed by atoms with Crippen LogP contribution in [-0.4, -0.2) is 4.98 Å². The molecule has 0 saturated heterocycles. The van der Waals surface area contributed by atoms with Crippen molar-refractivity contribution in [1.29, 1.82) is 0 Å². The molecule has 1 aliphatic rings. The van der Waals surface area contributed by atoms with Crippen LogP contribution in [0.5, 0.6) is 0 Å². The van der Waals surface area contributed by atoms with Crippen molar-refractivity contribution in [3.05, 3.63) is 87.5 Å². The topological polar surface area (TPSA) is 12.9 Å². The van der Waals surface area contributed by atoms with Crippen LogP contribution in [0, 0.1) is 0 Å². The van der Waals surface area contributed by atoms with Crippen molar-refractivity contribution < 1.29 is 41.1 Å². The van der Waals surface area contributed by atoms with Crippen LogP contribution in [0.2, 0.25) is 5.02 Å². The molecule has 0 spiro atoms. The van der Waals surface area contributed by atoms with Crippen LogP contribution in [0.15, 0.2) is 71.3 Å². The van der Waals surface area contributed by atoms with E-state index >= 15 is 0 Å². The summed E-state index contributed by atoms with van der Waals surface area (Å²) >= 11 is 9.26. The van der Waals surface area contributed by atoms with Crippen LogP contribution in [0.3, 0.4) is 0 Å². The molecule has 0 radical (unpaired) electrons. The van der Waals surface area contributed by atoms with Crippen LogP contribution in [0.1, 0.15) is 17.5 Å². The van der Waals surface area contributed by atoms with Crippen molar-refractivity contribution in [2.45, 2.75) is 6.42 Å². The van der Waals surface area contributed by atoms with Crippen LogP contribution >= 0.6 is 11.6 Å². The van der Waals surface area contributed by atoms with E-state index in [4.69, 9.17) is 11.6 Å². The van der Waals surface area contributed by atoms with Crippen molar-refractivity contribution in [1.82, 2.24) is 4.98 Å². The molecule has 0 aliphatic heterocycles. The maximum atomic E-state index is 6.00. The normalized spacial score (nSPS) is 13.2. The molecular weight excluding hydrogens is 413 g/mol. The van der Waals surface area contributed by atoms with Crippen LogP contribution in [-0.2, 0) is 16.3 Å². The number of halogens is 3. The fraction of sp³-hybridized carbons (Fsp3) is 0.0500. The molecule has 4 rings (SSSR count). The minimum absolute atomic E-state index is 0. The van der Waals surface area contributed by atoms with E-state index in [-0.39, 0.29) is 24.8 Å². The van der Waals surface area contributed by atoms with Crippen molar-refractivity contribution in [3.63, 3.8) is 0 Å². The Morgan fingerprint density at radius 1 is 0.920 bits per heavy atom. The van der Waals surface area contributed by atoms with Gasteiger partial charge in [0.2, 0.25) is 0 Å². The summed E-state index contributed by atoms with van der Waals surface area (Å²) in [5.41, 5.74) is 6.00. The molecule has 5 heteroatoms. The van der Waals surface area contributed by atoms with E-state index in [1.54, 1.807) is 0 Å². The Kier molecular flexibility index (Phi) is 6.74. The quantitative estimate of drug-likeness (QED) is 0.547. The smallest absolute Gasteiger partial charge is 1.00 e. The number of para-hydroxylation sites is 1. The zero-order valence-electron chi connectivity index (χ0n) is 13.0. The Balaban J connectivity index is 0.00000113. The summed E-state index contributed by atoms with van der Waals surface area (Å²) in [5, 5.41) is 1.93. The Hall–Kier alpha value is -1.27. The molecule has 1 aliphatic carbocycles. The summed E-state index contributed by atoms with van der Waals surface area (Å²) in [7, 11) is 0. The van der Waals surface area contributed by atoms with Gasteiger partial charge in [-0.1, -0.05) is 0 Å². The first kappa shape index (κ1) is 20.0. The molecular formula is C20H13Cl3CrN. The minimum Gasteiger partial charge on any atom is -1.00 e. The molecule has 0 amide bonds. The zero-order valence-corrected chi connectivity index (χ0v) is 16.6. The second-order valence-electron chi connectivity index (χ2n) is 5.52. The van der Waals surface area contributed by atoms with E-state index in [1.807, 2.05) is 24.4 Å². The van der Waals surface area contributed by atoms with Gasteiger partial charge in [0, 0.05) is 0 Å². The first-order valence-electron chi connectivity index (χ1n) is 7.45. The summed E-state index contributed by atoms with van der Waals surface area (Å²) in [5.74, 6) is 0. The monoisotopic (exact) mass is 424 g/mol. The number of benzene rings is 2. The van der Waals surface area contributed by atoms with Gasteiger partial charge in [-0.05, 0) is 0 Å². The van der Waals surface area contributed by atoms with E-state index < -0.39 is 0 Å². The maximum absolute atomic E-state index is 6.00. The van der Waals surface area contributed by atoms with E-state index in [9.17, 15) is 0 Å². The molecule has 25 heavy (non-hydrogen) atoms. The van der Waals surface area contributed by atoms with Crippen molar-refractivity contribution in [2.24, 2.45) is 0 Å². The van der Waals surface area contributed by atoms with E-state index in [0.29, 0.717) is 0 Å². The number of hydrogen-bond acceptors (Lipinski definition) is 1. The molecule has 125 valence electrons. The van der Waals surface area contributed by atoms with Gasteiger partial charge >= 0.3 is 149 Å². The first-order chi connectivity index (χ1) is 11.2. The van der Waals surface area contributed by atoms with E-state index in [0.717, 1.165) is 17.0 Å². The summed E-state index contributed by atoms with van der Waals surface area (Å²) in [4.78, 5) is 4.58. The Morgan fingerprint density at radius 2 is 1.64 bits per heavy atom. The zero-order chi connectivity index (χ0) is 15.8. The summed E-state index contributed by atoms with van der Waals surface area (Å²) < 4.78 is 1.20. The predicted octanol–water partition coefficient (Wildman–Crippen LogP) is -0.359. The third-order valence-corrected chi connectivity index (χ3v) is 5.12.